The Labute approximate surface area is 213 Å². The summed E-state index contributed by atoms with van der Waals surface area (Å²) in [5, 5.41) is 9.33. The van der Waals surface area contributed by atoms with E-state index in [1.54, 1.807) is 42.6 Å². The third-order valence-electron chi connectivity index (χ3n) is 5.88. The molecule has 12 heteroatoms. The number of ether oxygens (including phenoxy) is 2. The fraction of sp³-hybridized carbons (Fsp3) is 0.292. The molecule has 0 bridgehead atoms. The number of halogens is 1. The Kier molecular flexibility index (Phi) is 8.39. The maximum atomic E-state index is 12.6. The quantitative estimate of drug-likeness (QED) is 0.299. The number of rotatable bonds is 10. The Morgan fingerprint density at radius 2 is 1.89 bits per heavy atom. The minimum absolute atomic E-state index is 0.0346. The summed E-state index contributed by atoms with van der Waals surface area (Å²) in [4.78, 5) is 28.7. The van der Waals surface area contributed by atoms with Crippen LogP contribution in [0.2, 0.25) is 5.02 Å². The predicted molar refractivity (Wildman–Crippen MR) is 134 cm³/mol. The Morgan fingerprint density at radius 1 is 1.19 bits per heavy atom. The lowest BCUT2D eigenvalue weighted by molar-refractivity contribution is -0.131. The van der Waals surface area contributed by atoms with Crippen molar-refractivity contribution in [1.29, 1.82) is 0 Å². The van der Waals surface area contributed by atoms with Crippen LogP contribution in [0.3, 0.4) is 0 Å². The summed E-state index contributed by atoms with van der Waals surface area (Å²) in [5.41, 5.74) is 3.24. The first kappa shape index (κ1) is 27.2. The summed E-state index contributed by atoms with van der Waals surface area (Å²) in [6.45, 7) is 1.43. The Balaban J connectivity index is 1.68. The highest BCUT2D eigenvalue weighted by molar-refractivity contribution is 7.92. The summed E-state index contributed by atoms with van der Waals surface area (Å²) in [5.74, 6) is -0.101. The second-order valence-electron chi connectivity index (χ2n) is 8.29. The first-order chi connectivity index (χ1) is 17.0. The average molecular weight is 536 g/mol. The molecule has 0 aliphatic rings. The Bertz CT molecular complexity index is 1410. The monoisotopic (exact) mass is 535 g/mol. The van der Waals surface area contributed by atoms with Crippen LogP contribution in [0.4, 0.5) is 0 Å². The summed E-state index contributed by atoms with van der Waals surface area (Å²) >= 11 is 6.08. The van der Waals surface area contributed by atoms with Crippen LogP contribution in [0.5, 0.6) is 11.6 Å². The molecule has 0 fully saturated rings. The highest BCUT2D eigenvalue weighted by atomic mass is 35.5. The van der Waals surface area contributed by atoms with E-state index in [1.807, 2.05) is 0 Å². The fourth-order valence-electron chi connectivity index (χ4n) is 3.40. The zero-order chi connectivity index (χ0) is 26.5. The van der Waals surface area contributed by atoms with Gasteiger partial charge >= 0.3 is 0 Å². The third-order valence-corrected chi connectivity index (χ3v) is 8.17. The smallest absolute Gasteiger partial charge is 0.264 e. The highest BCUT2D eigenvalue weighted by Gasteiger charge is 2.43. The number of nitrogens with zero attached hydrogens (tertiary/aromatic N) is 2. The van der Waals surface area contributed by atoms with Gasteiger partial charge in [-0.15, -0.1) is 0 Å². The number of sulfone groups is 1. The zero-order valence-electron chi connectivity index (χ0n) is 19.9. The van der Waals surface area contributed by atoms with Crippen molar-refractivity contribution >= 4 is 27.3 Å². The average Bonchev–Trinajstić information content (AvgIpc) is 2.85. The number of pyridine rings is 2. The van der Waals surface area contributed by atoms with Gasteiger partial charge in [-0.05, 0) is 48.7 Å². The molecule has 192 valence electrons. The van der Waals surface area contributed by atoms with Gasteiger partial charge in [-0.3, -0.25) is 14.8 Å². The van der Waals surface area contributed by atoms with Crippen LogP contribution in [0.1, 0.15) is 18.9 Å². The van der Waals surface area contributed by atoms with Gasteiger partial charge in [0.2, 0.25) is 5.88 Å². The van der Waals surface area contributed by atoms with Gasteiger partial charge in [0, 0.05) is 36.8 Å². The maximum absolute atomic E-state index is 12.6. The summed E-state index contributed by atoms with van der Waals surface area (Å²) in [7, 11) is -2.37. The van der Waals surface area contributed by atoms with E-state index in [4.69, 9.17) is 26.3 Å². The number of benzene rings is 1. The zero-order valence-corrected chi connectivity index (χ0v) is 21.5. The van der Waals surface area contributed by atoms with Crippen molar-refractivity contribution < 1.29 is 27.9 Å². The van der Waals surface area contributed by atoms with Crippen molar-refractivity contribution in [2.45, 2.75) is 31.2 Å². The second kappa shape index (κ2) is 11.1. The van der Waals surface area contributed by atoms with Crippen molar-refractivity contribution in [1.82, 2.24) is 15.0 Å². The predicted octanol–water partition coefficient (Wildman–Crippen LogP) is 2.85. The standard InChI is InChI=1S/C24H26ClN3O7S/c1-24(23(30)27-31,36(3,32)33)9-11-28-10-8-18(13-21(28)29)17-4-6-19(7-5-17)35-15-16-12-20(25)22(34-2)26-14-16/h4-8,10,12-14,31H,9,11,15H2,1-3H3,(H,27,30)/t24-/m1/s1. The molecule has 0 unspecified atom stereocenters. The summed E-state index contributed by atoms with van der Waals surface area (Å²) in [6.07, 6.45) is 3.85. The van der Waals surface area contributed by atoms with Gasteiger partial charge in [0.15, 0.2) is 14.6 Å². The molecule has 2 aromatic heterocycles. The lowest BCUT2D eigenvalue weighted by atomic mass is 10.1. The van der Waals surface area contributed by atoms with E-state index in [0.717, 1.165) is 17.4 Å². The van der Waals surface area contributed by atoms with Crippen molar-refractivity contribution in [3.05, 3.63) is 75.8 Å². The molecular weight excluding hydrogens is 510 g/mol. The van der Waals surface area contributed by atoms with Gasteiger partial charge < -0.3 is 14.0 Å². The second-order valence-corrected chi connectivity index (χ2v) is 11.1. The van der Waals surface area contributed by atoms with Crippen LogP contribution in [0.15, 0.2) is 59.7 Å². The normalized spacial score (nSPS) is 13.0. The lowest BCUT2D eigenvalue weighted by Crippen LogP contribution is -2.49. The van der Waals surface area contributed by atoms with Gasteiger partial charge in [-0.1, -0.05) is 23.7 Å². The molecule has 36 heavy (non-hydrogen) atoms. The molecule has 0 spiro atoms. The lowest BCUT2D eigenvalue weighted by Gasteiger charge is -2.25. The number of aromatic nitrogens is 2. The molecule has 0 aliphatic carbocycles. The van der Waals surface area contributed by atoms with E-state index in [2.05, 4.69) is 4.98 Å². The van der Waals surface area contributed by atoms with E-state index < -0.39 is 20.5 Å². The van der Waals surface area contributed by atoms with E-state index in [1.165, 1.54) is 36.3 Å². The van der Waals surface area contributed by atoms with Crippen LogP contribution in [0.25, 0.3) is 11.1 Å². The van der Waals surface area contributed by atoms with Crippen LogP contribution >= 0.6 is 11.6 Å². The summed E-state index contributed by atoms with van der Waals surface area (Å²) < 4.78 is 34.4. The van der Waals surface area contributed by atoms with Gasteiger partial charge in [0.25, 0.3) is 11.5 Å². The van der Waals surface area contributed by atoms with Crippen LogP contribution in [-0.2, 0) is 27.8 Å². The molecule has 2 heterocycles. The van der Waals surface area contributed by atoms with Crippen LogP contribution in [-0.4, -0.2) is 47.2 Å². The van der Waals surface area contributed by atoms with Crippen molar-refractivity contribution in [2.24, 2.45) is 0 Å². The van der Waals surface area contributed by atoms with Gasteiger partial charge in [0.1, 0.15) is 17.4 Å². The maximum Gasteiger partial charge on any atom is 0.264 e. The summed E-state index contributed by atoms with van der Waals surface area (Å²) in [6, 6.07) is 12.0. The molecule has 2 N–H and O–H groups in total. The number of methoxy groups -OCH3 is 1. The van der Waals surface area contributed by atoms with Crippen molar-refractivity contribution in [3.63, 3.8) is 0 Å². The molecule has 1 amide bonds. The molecule has 1 aromatic carbocycles. The third kappa shape index (κ3) is 6.04. The van der Waals surface area contributed by atoms with E-state index >= 15 is 0 Å². The van der Waals surface area contributed by atoms with E-state index in [0.29, 0.717) is 22.2 Å². The van der Waals surface area contributed by atoms with E-state index in [9.17, 15) is 18.0 Å². The minimum atomic E-state index is -3.86. The van der Waals surface area contributed by atoms with Crippen molar-refractivity contribution in [3.8, 4) is 22.8 Å². The highest BCUT2D eigenvalue weighted by Crippen LogP contribution is 2.25. The molecule has 10 nitrogen and oxygen atoms in total. The van der Waals surface area contributed by atoms with Crippen LogP contribution in [0, 0.1) is 0 Å². The van der Waals surface area contributed by atoms with Crippen molar-refractivity contribution in [2.75, 3.05) is 13.4 Å². The number of hydroxylamine groups is 1. The fourth-order valence-corrected chi connectivity index (χ4v) is 4.51. The number of carbonyl (C=O) groups excluding carboxylic acids is 1. The number of nitrogens with one attached hydrogen (secondary N) is 1. The molecule has 3 rings (SSSR count). The Hall–Kier alpha value is -3.41. The molecule has 3 aromatic rings. The number of carbonyl (C=O) groups is 1. The van der Waals surface area contributed by atoms with E-state index in [-0.39, 0.29) is 25.1 Å². The number of hydrogen-bond donors (Lipinski definition) is 2. The van der Waals surface area contributed by atoms with Gasteiger partial charge in [0.05, 0.1) is 7.11 Å². The van der Waals surface area contributed by atoms with Crippen LogP contribution < -0.4 is 20.5 Å². The number of amides is 1. The first-order valence-electron chi connectivity index (χ1n) is 10.7. The largest absolute Gasteiger partial charge is 0.489 e. The molecule has 0 aliphatic heterocycles. The van der Waals surface area contributed by atoms with Gasteiger partial charge in [-0.2, -0.15) is 0 Å². The molecule has 0 saturated carbocycles. The minimum Gasteiger partial charge on any atom is -0.489 e. The SMILES string of the molecule is COc1ncc(COc2ccc(-c3ccn(CC[C@](C)(C(=O)NO)S(C)(=O)=O)c(=O)c3)cc2)cc1Cl. The first-order valence-corrected chi connectivity index (χ1v) is 13.0. The number of hydrogen-bond acceptors (Lipinski definition) is 8. The molecule has 0 saturated heterocycles. The molecule has 0 radical (unpaired) electrons. The Morgan fingerprint density at radius 3 is 2.44 bits per heavy atom. The topological polar surface area (TPSA) is 137 Å². The molecular formula is C24H26ClN3O7S. The number of aryl methyl sites for hydroxylation is 1. The van der Waals surface area contributed by atoms with Gasteiger partial charge in [-0.25, -0.2) is 18.9 Å². The molecule has 1 atom stereocenters.